The lowest BCUT2D eigenvalue weighted by Gasteiger charge is -2.13. The van der Waals surface area contributed by atoms with Crippen molar-refractivity contribution in [3.05, 3.63) is 65.8 Å². The van der Waals surface area contributed by atoms with E-state index in [1.54, 1.807) is 49.8 Å². The number of halogens is 1. The molecule has 0 saturated carbocycles. The molecular weight excluding hydrogens is 414 g/mol. The molecule has 0 saturated heterocycles. The van der Waals surface area contributed by atoms with Crippen LogP contribution in [0, 0.1) is 6.92 Å². The number of aromatic nitrogens is 2. The summed E-state index contributed by atoms with van der Waals surface area (Å²) in [7, 11) is -2.55. The number of furan rings is 1. The van der Waals surface area contributed by atoms with Gasteiger partial charge in [-0.1, -0.05) is 17.7 Å². The van der Waals surface area contributed by atoms with Crippen molar-refractivity contribution in [1.82, 2.24) is 9.97 Å². The topological polar surface area (TPSA) is 94.3 Å². The van der Waals surface area contributed by atoms with Crippen molar-refractivity contribution in [2.24, 2.45) is 0 Å². The monoisotopic (exact) mass is 429 g/mol. The van der Waals surface area contributed by atoms with Crippen molar-refractivity contribution in [2.75, 3.05) is 11.8 Å². The van der Waals surface area contributed by atoms with Crippen LogP contribution in [0.1, 0.15) is 5.56 Å². The number of nitrogens with zero attached hydrogens (tertiary/aromatic N) is 2. The standard InChI is InChI=1S/C20H16ClN3O4S/c1-12-5-6-17(27-2)18(8-12)29(25,26)24-16-9-13(10-23-19(16)21)15-11-28-20-14(15)4-3-7-22-20/h3-11,24H,1-2H3. The molecule has 7 nitrogen and oxygen atoms in total. The van der Waals surface area contributed by atoms with Gasteiger partial charge in [-0.05, 0) is 42.8 Å². The Morgan fingerprint density at radius 2 is 2.00 bits per heavy atom. The van der Waals surface area contributed by atoms with Gasteiger partial charge in [0.2, 0.25) is 5.71 Å². The minimum Gasteiger partial charge on any atom is -0.495 e. The first-order valence-corrected chi connectivity index (χ1v) is 10.4. The van der Waals surface area contributed by atoms with E-state index >= 15 is 0 Å². The van der Waals surface area contributed by atoms with E-state index in [1.165, 1.54) is 13.2 Å². The lowest BCUT2D eigenvalue weighted by Crippen LogP contribution is -2.15. The number of benzene rings is 1. The molecule has 29 heavy (non-hydrogen) atoms. The van der Waals surface area contributed by atoms with E-state index in [2.05, 4.69) is 14.7 Å². The normalized spacial score (nSPS) is 11.6. The number of fused-ring (bicyclic) bond motifs is 1. The highest BCUT2D eigenvalue weighted by atomic mass is 35.5. The van der Waals surface area contributed by atoms with E-state index in [-0.39, 0.29) is 21.5 Å². The average Bonchev–Trinajstić information content (AvgIpc) is 3.14. The summed E-state index contributed by atoms with van der Waals surface area (Å²) >= 11 is 6.17. The molecule has 0 aliphatic rings. The third-order valence-electron chi connectivity index (χ3n) is 4.35. The number of sulfonamides is 1. The number of rotatable bonds is 5. The second kappa shape index (κ2) is 7.38. The fourth-order valence-electron chi connectivity index (χ4n) is 2.95. The van der Waals surface area contributed by atoms with Crippen molar-refractivity contribution in [2.45, 2.75) is 11.8 Å². The van der Waals surface area contributed by atoms with Gasteiger partial charge < -0.3 is 9.15 Å². The van der Waals surface area contributed by atoms with Gasteiger partial charge in [0.15, 0.2) is 5.15 Å². The molecular formula is C20H16ClN3O4S. The Morgan fingerprint density at radius 1 is 1.17 bits per heavy atom. The molecule has 0 atom stereocenters. The van der Waals surface area contributed by atoms with Crippen molar-refractivity contribution in [3.8, 4) is 16.9 Å². The van der Waals surface area contributed by atoms with Crippen molar-refractivity contribution in [3.63, 3.8) is 0 Å². The van der Waals surface area contributed by atoms with Crippen LogP contribution >= 0.6 is 11.6 Å². The van der Waals surface area contributed by atoms with Crippen LogP contribution < -0.4 is 9.46 Å². The first-order chi connectivity index (χ1) is 13.9. The molecule has 0 aliphatic carbocycles. The van der Waals surface area contributed by atoms with Crippen LogP contribution in [0.15, 0.2) is 64.4 Å². The van der Waals surface area contributed by atoms with Gasteiger partial charge in [-0.25, -0.2) is 18.4 Å². The number of aryl methyl sites for hydroxylation is 1. The molecule has 0 amide bonds. The molecule has 0 spiro atoms. The van der Waals surface area contributed by atoms with E-state index in [1.807, 2.05) is 6.07 Å². The maximum Gasteiger partial charge on any atom is 0.265 e. The molecule has 9 heteroatoms. The van der Waals surface area contributed by atoms with Gasteiger partial charge in [-0.15, -0.1) is 0 Å². The Labute approximate surface area is 172 Å². The Morgan fingerprint density at radius 3 is 2.79 bits per heavy atom. The lowest BCUT2D eigenvalue weighted by molar-refractivity contribution is 0.402. The first kappa shape index (κ1) is 19.2. The number of nitrogens with one attached hydrogen (secondary N) is 1. The summed E-state index contributed by atoms with van der Waals surface area (Å²) in [5.74, 6) is 0.232. The number of hydrogen-bond acceptors (Lipinski definition) is 6. The highest BCUT2D eigenvalue weighted by Gasteiger charge is 2.22. The predicted octanol–water partition coefficient (Wildman–Crippen LogP) is 4.66. The molecule has 148 valence electrons. The molecule has 4 rings (SSSR count). The molecule has 3 aromatic heterocycles. The SMILES string of the molecule is COc1ccc(C)cc1S(=O)(=O)Nc1cc(-c2coc3ncccc23)cnc1Cl. The zero-order valence-corrected chi connectivity index (χ0v) is 17.1. The summed E-state index contributed by atoms with van der Waals surface area (Å²) in [6, 6.07) is 10.2. The highest BCUT2D eigenvalue weighted by Crippen LogP contribution is 2.34. The number of ether oxygens (including phenoxy) is 1. The summed E-state index contributed by atoms with van der Waals surface area (Å²) < 4.78 is 39.1. The van der Waals surface area contributed by atoms with E-state index in [0.29, 0.717) is 11.3 Å². The summed E-state index contributed by atoms with van der Waals surface area (Å²) in [6.07, 6.45) is 4.72. The number of methoxy groups -OCH3 is 1. The van der Waals surface area contributed by atoms with E-state index in [0.717, 1.165) is 16.5 Å². The molecule has 0 unspecified atom stereocenters. The Kier molecular flexibility index (Phi) is 4.89. The number of pyridine rings is 2. The summed E-state index contributed by atoms with van der Waals surface area (Å²) in [6.45, 7) is 1.80. The Hall–Kier alpha value is -3.10. The molecule has 1 N–H and O–H groups in total. The molecule has 3 heterocycles. The van der Waals surface area contributed by atoms with E-state index in [9.17, 15) is 8.42 Å². The van der Waals surface area contributed by atoms with Gasteiger partial charge in [-0.2, -0.15) is 0 Å². The number of anilines is 1. The Bertz CT molecular complexity index is 1320. The van der Waals surface area contributed by atoms with Gasteiger partial charge >= 0.3 is 0 Å². The fourth-order valence-corrected chi connectivity index (χ4v) is 4.47. The van der Waals surface area contributed by atoms with Gasteiger partial charge in [0, 0.05) is 28.9 Å². The van der Waals surface area contributed by atoms with Gasteiger partial charge in [0.1, 0.15) is 16.9 Å². The van der Waals surface area contributed by atoms with Crippen LogP contribution in [0.2, 0.25) is 5.15 Å². The minimum atomic E-state index is -3.96. The number of hydrogen-bond donors (Lipinski definition) is 1. The van der Waals surface area contributed by atoms with E-state index < -0.39 is 10.0 Å². The van der Waals surface area contributed by atoms with Crippen LogP contribution in [-0.4, -0.2) is 25.5 Å². The zero-order chi connectivity index (χ0) is 20.6. The fraction of sp³-hybridized carbons (Fsp3) is 0.100. The molecule has 0 fully saturated rings. The maximum atomic E-state index is 13.0. The predicted molar refractivity (Wildman–Crippen MR) is 111 cm³/mol. The Balaban J connectivity index is 1.77. The van der Waals surface area contributed by atoms with Gasteiger partial charge in [0.05, 0.1) is 12.8 Å². The minimum absolute atomic E-state index is 0.0134. The summed E-state index contributed by atoms with van der Waals surface area (Å²) in [5.41, 5.74) is 2.76. The molecule has 0 aliphatic heterocycles. The largest absolute Gasteiger partial charge is 0.495 e. The summed E-state index contributed by atoms with van der Waals surface area (Å²) in [5, 5.41) is 0.806. The molecule has 1 aromatic carbocycles. The maximum absolute atomic E-state index is 13.0. The van der Waals surface area contributed by atoms with Crippen LogP contribution in [0.3, 0.4) is 0 Å². The molecule has 0 bridgehead atoms. The van der Waals surface area contributed by atoms with E-state index in [4.69, 9.17) is 20.8 Å². The van der Waals surface area contributed by atoms with Crippen molar-refractivity contribution < 1.29 is 17.6 Å². The van der Waals surface area contributed by atoms with Crippen molar-refractivity contribution >= 4 is 38.4 Å². The van der Waals surface area contributed by atoms with Gasteiger partial charge in [0.25, 0.3) is 10.0 Å². The third-order valence-corrected chi connectivity index (χ3v) is 6.04. The summed E-state index contributed by atoms with van der Waals surface area (Å²) in [4.78, 5) is 8.29. The van der Waals surface area contributed by atoms with Crippen LogP contribution in [0.25, 0.3) is 22.2 Å². The highest BCUT2D eigenvalue weighted by molar-refractivity contribution is 7.92. The quantitative estimate of drug-likeness (QED) is 0.463. The lowest BCUT2D eigenvalue weighted by atomic mass is 10.1. The first-order valence-electron chi connectivity index (χ1n) is 8.54. The second-order valence-corrected chi connectivity index (χ2v) is 8.34. The third kappa shape index (κ3) is 3.64. The van der Waals surface area contributed by atoms with Crippen LogP contribution in [-0.2, 0) is 10.0 Å². The van der Waals surface area contributed by atoms with Gasteiger partial charge in [-0.3, -0.25) is 4.72 Å². The average molecular weight is 430 g/mol. The van der Waals surface area contributed by atoms with Crippen LogP contribution in [0.4, 0.5) is 5.69 Å². The van der Waals surface area contributed by atoms with Crippen molar-refractivity contribution in [1.29, 1.82) is 0 Å². The smallest absolute Gasteiger partial charge is 0.265 e. The second-order valence-electron chi connectivity index (χ2n) is 6.33. The molecule has 4 aromatic rings. The zero-order valence-electron chi connectivity index (χ0n) is 15.5. The van der Waals surface area contributed by atoms with Crippen LogP contribution in [0.5, 0.6) is 5.75 Å². The molecule has 0 radical (unpaired) electrons.